The van der Waals surface area contributed by atoms with E-state index in [4.69, 9.17) is 4.42 Å². The molecular formula is C31H16FIrN3O-2. The Hall–Kier alpha value is -4.43. The maximum Gasteiger partial charge on any atom is 0.134 e. The standard InChI is InChI=1S/C20H9N2O.C11H7FN.Ir/c21-11-12-7-8-17-16(10-12)18-15-6-3-9-22-19(15)13-4-1-2-5-14(13)20(18)23-17;12-10-6-4-9(5-7-10)11-3-1-2-8-13-11;/h1-3,5-10H;1-4,6-8H;/q2*-1;. The van der Waals surface area contributed by atoms with Crippen molar-refractivity contribution in [2.45, 2.75) is 0 Å². The molecule has 179 valence electrons. The van der Waals surface area contributed by atoms with Crippen molar-refractivity contribution in [3.8, 4) is 17.3 Å². The fourth-order valence-corrected chi connectivity index (χ4v) is 4.34. The minimum atomic E-state index is -0.278. The number of aromatic nitrogens is 2. The van der Waals surface area contributed by atoms with Gasteiger partial charge in [0.25, 0.3) is 0 Å². The summed E-state index contributed by atoms with van der Waals surface area (Å²) in [6.45, 7) is 0. The van der Waals surface area contributed by atoms with E-state index in [0.29, 0.717) is 5.56 Å². The van der Waals surface area contributed by atoms with E-state index in [-0.39, 0.29) is 25.9 Å². The number of hydrogen-bond donors (Lipinski definition) is 0. The van der Waals surface area contributed by atoms with E-state index in [2.05, 4.69) is 28.2 Å². The molecule has 3 aromatic heterocycles. The molecule has 0 saturated carbocycles. The normalized spacial score (nSPS) is 10.6. The Morgan fingerprint density at radius 1 is 0.838 bits per heavy atom. The van der Waals surface area contributed by atoms with Crippen molar-refractivity contribution in [1.29, 1.82) is 5.26 Å². The molecule has 0 fully saturated rings. The van der Waals surface area contributed by atoms with Crippen LogP contribution in [-0.4, -0.2) is 9.97 Å². The second-order valence-corrected chi connectivity index (χ2v) is 8.12. The first-order valence-corrected chi connectivity index (χ1v) is 11.2. The van der Waals surface area contributed by atoms with Crippen LogP contribution >= 0.6 is 0 Å². The maximum atomic E-state index is 12.6. The molecule has 0 aliphatic rings. The largest absolute Gasteiger partial charge is 0.465 e. The fraction of sp³-hybridized carbons (Fsp3) is 0. The smallest absolute Gasteiger partial charge is 0.134 e. The number of benzene rings is 4. The molecule has 0 bridgehead atoms. The van der Waals surface area contributed by atoms with Crippen molar-refractivity contribution in [1.82, 2.24) is 9.97 Å². The molecule has 4 nitrogen and oxygen atoms in total. The van der Waals surface area contributed by atoms with Gasteiger partial charge < -0.3 is 14.4 Å². The first-order valence-electron chi connectivity index (χ1n) is 11.2. The molecule has 7 aromatic rings. The van der Waals surface area contributed by atoms with Crippen LogP contribution in [0.3, 0.4) is 0 Å². The molecule has 0 atom stereocenters. The second-order valence-electron chi connectivity index (χ2n) is 8.12. The Labute approximate surface area is 225 Å². The molecule has 6 heteroatoms. The number of nitriles is 1. The van der Waals surface area contributed by atoms with Gasteiger partial charge in [-0.3, -0.25) is 4.39 Å². The van der Waals surface area contributed by atoms with Crippen LogP contribution < -0.4 is 0 Å². The van der Waals surface area contributed by atoms with Gasteiger partial charge >= 0.3 is 0 Å². The van der Waals surface area contributed by atoms with Gasteiger partial charge in [-0.25, -0.2) is 0 Å². The zero-order valence-electron chi connectivity index (χ0n) is 19.2. The Bertz CT molecular complexity index is 1910. The van der Waals surface area contributed by atoms with Gasteiger partial charge in [-0.05, 0) is 46.9 Å². The van der Waals surface area contributed by atoms with Crippen molar-refractivity contribution < 1.29 is 28.9 Å². The monoisotopic (exact) mass is 658 g/mol. The molecule has 0 aliphatic carbocycles. The fourth-order valence-electron chi connectivity index (χ4n) is 4.34. The third kappa shape index (κ3) is 4.47. The van der Waals surface area contributed by atoms with E-state index < -0.39 is 0 Å². The summed E-state index contributed by atoms with van der Waals surface area (Å²) in [4.78, 5) is 8.68. The summed E-state index contributed by atoms with van der Waals surface area (Å²) in [5.74, 6) is -0.278. The minimum Gasteiger partial charge on any atom is -0.465 e. The van der Waals surface area contributed by atoms with Crippen LogP contribution in [0, 0.1) is 29.3 Å². The molecule has 0 spiro atoms. The van der Waals surface area contributed by atoms with Gasteiger partial charge in [-0.15, -0.1) is 59.5 Å². The van der Waals surface area contributed by atoms with Crippen LogP contribution in [-0.2, 0) is 20.1 Å². The quantitative estimate of drug-likeness (QED) is 0.135. The number of fused-ring (bicyclic) bond motifs is 8. The van der Waals surface area contributed by atoms with Gasteiger partial charge in [0.15, 0.2) is 0 Å². The average Bonchev–Trinajstić information content (AvgIpc) is 3.34. The summed E-state index contributed by atoms with van der Waals surface area (Å²) in [6, 6.07) is 33.6. The first-order chi connectivity index (χ1) is 17.7. The summed E-state index contributed by atoms with van der Waals surface area (Å²) in [5, 5.41) is 14.1. The van der Waals surface area contributed by atoms with Gasteiger partial charge in [-0.2, -0.15) is 5.26 Å². The summed E-state index contributed by atoms with van der Waals surface area (Å²) < 4.78 is 18.7. The van der Waals surface area contributed by atoms with Crippen molar-refractivity contribution in [3.05, 3.63) is 121 Å². The number of nitrogens with zero attached hydrogens (tertiary/aromatic N) is 3. The molecule has 0 amide bonds. The van der Waals surface area contributed by atoms with E-state index in [0.717, 1.165) is 54.9 Å². The van der Waals surface area contributed by atoms with Gasteiger partial charge in [-0.1, -0.05) is 23.6 Å². The van der Waals surface area contributed by atoms with E-state index in [1.54, 1.807) is 24.5 Å². The molecule has 0 saturated heterocycles. The Morgan fingerprint density at radius 2 is 1.70 bits per heavy atom. The zero-order chi connectivity index (χ0) is 24.5. The van der Waals surface area contributed by atoms with Crippen LogP contribution in [0.5, 0.6) is 0 Å². The van der Waals surface area contributed by atoms with E-state index in [1.807, 2.05) is 60.7 Å². The van der Waals surface area contributed by atoms with Gasteiger partial charge in [0.1, 0.15) is 11.2 Å². The second kappa shape index (κ2) is 10.3. The van der Waals surface area contributed by atoms with Crippen LogP contribution in [0.25, 0.3) is 54.9 Å². The molecule has 0 N–H and O–H groups in total. The van der Waals surface area contributed by atoms with Gasteiger partial charge in [0, 0.05) is 49.1 Å². The number of furan rings is 1. The van der Waals surface area contributed by atoms with Crippen molar-refractivity contribution in [2.75, 3.05) is 0 Å². The maximum absolute atomic E-state index is 12.6. The zero-order valence-corrected chi connectivity index (χ0v) is 21.6. The SMILES string of the molecule is Fc1c[c-]c(-c2ccccn2)cc1.N#Cc1ccc2oc3c4ccc[c-]c4c4ncccc4c3c2c1.[Ir]. The summed E-state index contributed by atoms with van der Waals surface area (Å²) in [5.41, 5.74) is 4.74. The predicted octanol–water partition coefficient (Wildman–Crippen LogP) is 7.64. The van der Waals surface area contributed by atoms with Gasteiger partial charge in [0.05, 0.1) is 11.6 Å². The molecule has 4 aromatic carbocycles. The number of rotatable bonds is 1. The molecule has 7 rings (SSSR count). The number of pyridine rings is 2. The Morgan fingerprint density at radius 3 is 2.49 bits per heavy atom. The van der Waals surface area contributed by atoms with Crippen LogP contribution in [0.2, 0.25) is 0 Å². The number of halogens is 1. The predicted molar refractivity (Wildman–Crippen MR) is 139 cm³/mol. The van der Waals surface area contributed by atoms with E-state index in [1.165, 1.54) is 12.1 Å². The Balaban J connectivity index is 0.000000172. The van der Waals surface area contributed by atoms with E-state index >= 15 is 0 Å². The van der Waals surface area contributed by atoms with Crippen molar-refractivity contribution in [2.24, 2.45) is 0 Å². The topological polar surface area (TPSA) is 62.7 Å². The molecular weight excluding hydrogens is 642 g/mol. The summed E-state index contributed by atoms with van der Waals surface area (Å²) >= 11 is 0. The van der Waals surface area contributed by atoms with E-state index in [9.17, 15) is 9.65 Å². The van der Waals surface area contributed by atoms with Crippen LogP contribution in [0.4, 0.5) is 4.39 Å². The molecule has 0 aliphatic heterocycles. The van der Waals surface area contributed by atoms with Crippen molar-refractivity contribution in [3.63, 3.8) is 0 Å². The summed E-state index contributed by atoms with van der Waals surface area (Å²) in [7, 11) is 0. The number of hydrogen-bond acceptors (Lipinski definition) is 4. The van der Waals surface area contributed by atoms with Gasteiger partial charge in [0.2, 0.25) is 0 Å². The first kappa shape index (κ1) is 24.3. The molecule has 37 heavy (non-hydrogen) atoms. The van der Waals surface area contributed by atoms with Crippen molar-refractivity contribution >= 4 is 43.6 Å². The molecule has 0 unspecified atom stereocenters. The van der Waals surface area contributed by atoms with Crippen LogP contribution in [0.1, 0.15) is 5.56 Å². The summed E-state index contributed by atoms with van der Waals surface area (Å²) in [6.07, 6.45) is 3.49. The third-order valence-electron chi connectivity index (χ3n) is 5.95. The third-order valence-corrected chi connectivity index (χ3v) is 5.95. The molecule has 1 radical (unpaired) electrons. The van der Waals surface area contributed by atoms with Crippen LogP contribution in [0.15, 0.2) is 102 Å². The minimum absolute atomic E-state index is 0. The molecule has 3 heterocycles. The average molecular weight is 658 g/mol. The Kier molecular flexibility index (Phi) is 6.74.